The second-order valence-electron chi connectivity index (χ2n) is 9.49. The van der Waals surface area contributed by atoms with Gasteiger partial charge in [0.15, 0.2) is 5.78 Å². The Balaban J connectivity index is 1.32. The van der Waals surface area contributed by atoms with Gasteiger partial charge in [-0.15, -0.1) is 0 Å². The molecule has 2 atom stereocenters. The Morgan fingerprint density at radius 1 is 0.750 bits per heavy atom. The Morgan fingerprint density at radius 3 is 1.64 bits per heavy atom. The summed E-state index contributed by atoms with van der Waals surface area (Å²) in [6, 6.07) is 17.5. The maximum atomic E-state index is 13.8. The molecule has 4 heterocycles. The summed E-state index contributed by atoms with van der Waals surface area (Å²) < 4.78 is 0. The molecule has 0 aromatic heterocycles. The van der Waals surface area contributed by atoms with Gasteiger partial charge in [-0.1, -0.05) is 59.9 Å². The predicted octanol–water partition coefficient (Wildman–Crippen LogP) is 6.83. The van der Waals surface area contributed by atoms with Crippen molar-refractivity contribution in [3.63, 3.8) is 0 Å². The van der Waals surface area contributed by atoms with Gasteiger partial charge < -0.3 is 9.80 Å². The Labute approximate surface area is 222 Å². The van der Waals surface area contributed by atoms with Gasteiger partial charge in [0.25, 0.3) is 0 Å². The third kappa shape index (κ3) is 3.87. The molecule has 4 aliphatic heterocycles. The molecule has 4 nitrogen and oxygen atoms in total. The van der Waals surface area contributed by atoms with Gasteiger partial charge >= 0.3 is 0 Å². The molecule has 2 unspecified atom stereocenters. The second-order valence-corrected chi connectivity index (χ2v) is 11.6. The van der Waals surface area contributed by atoms with Gasteiger partial charge in [-0.25, -0.2) is 0 Å². The number of piperidine rings is 1. The lowest BCUT2D eigenvalue weighted by molar-refractivity contribution is -0.114. The number of ketones is 1. The zero-order valence-corrected chi connectivity index (χ0v) is 22.6. The smallest absolute Gasteiger partial charge is 0.188 e. The quantitative estimate of drug-likeness (QED) is 0.416. The molecule has 0 radical (unpaired) electrons. The fourth-order valence-electron chi connectivity index (χ4n) is 5.86. The number of anilines is 2. The molecule has 36 heavy (non-hydrogen) atoms. The van der Waals surface area contributed by atoms with E-state index in [0.29, 0.717) is 0 Å². The van der Waals surface area contributed by atoms with Gasteiger partial charge in [0.1, 0.15) is 0 Å². The average molecular weight is 514 g/mol. The minimum absolute atomic E-state index is 0.199. The molecule has 0 saturated carbocycles. The fraction of sp³-hybridized carbons (Fsp3) is 0.300. The minimum atomic E-state index is 0.199. The number of allylic oxidation sites excluding steroid dienone is 4. The van der Waals surface area contributed by atoms with Crippen molar-refractivity contribution < 1.29 is 4.79 Å². The number of fused-ring (bicyclic) bond motifs is 4. The summed E-state index contributed by atoms with van der Waals surface area (Å²) in [6.07, 6.45) is 10.6. The summed E-state index contributed by atoms with van der Waals surface area (Å²) >= 11 is 3.58. The molecular weight excluding hydrogens is 482 g/mol. The first-order chi connectivity index (χ1) is 17.6. The molecule has 2 saturated heterocycles. The molecule has 4 aliphatic rings. The highest BCUT2D eigenvalue weighted by molar-refractivity contribution is 8.04. The van der Waals surface area contributed by atoms with Crippen LogP contribution in [0, 0.1) is 0 Å². The Morgan fingerprint density at radius 2 is 1.19 bits per heavy atom. The molecule has 2 fully saturated rings. The number of rotatable bonds is 4. The number of nitrogens with zero attached hydrogens (tertiary/aromatic N) is 3. The standard InChI is InChI=1S/C30H31N3OS2/c1-4-32-24-10-6-8-12-26(24)35-28(32)18-14-20-22-16-17-23(31(22)3)21(30(20)34)15-19-29-33(5-2)25-11-7-9-13-27(25)36-29/h6-15,18-19,22-23H,4-5,16-17H2,1-3H3. The number of hydrogen-bond donors (Lipinski definition) is 0. The Hall–Kier alpha value is -2.67. The van der Waals surface area contributed by atoms with E-state index in [4.69, 9.17) is 0 Å². The molecule has 0 aliphatic carbocycles. The van der Waals surface area contributed by atoms with Crippen LogP contribution >= 0.6 is 23.5 Å². The van der Waals surface area contributed by atoms with Gasteiger partial charge in [-0.05, 0) is 70.2 Å². The van der Waals surface area contributed by atoms with E-state index in [2.05, 4.69) is 108 Å². The number of likely N-dealkylation sites (N-methyl/N-ethyl adjacent to an activating group) is 1. The number of benzene rings is 2. The molecule has 6 rings (SSSR count). The van der Waals surface area contributed by atoms with Crippen LogP contribution in [0.1, 0.15) is 26.7 Å². The van der Waals surface area contributed by atoms with Crippen molar-refractivity contribution in [1.29, 1.82) is 0 Å². The van der Waals surface area contributed by atoms with E-state index in [0.717, 1.165) is 37.1 Å². The molecule has 0 amide bonds. The number of carbonyl (C=O) groups is 1. The zero-order valence-electron chi connectivity index (χ0n) is 21.0. The second kappa shape index (κ2) is 9.66. The third-order valence-electron chi connectivity index (χ3n) is 7.66. The van der Waals surface area contributed by atoms with E-state index < -0.39 is 0 Å². The topological polar surface area (TPSA) is 26.8 Å². The van der Waals surface area contributed by atoms with E-state index in [-0.39, 0.29) is 17.9 Å². The first-order valence-electron chi connectivity index (χ1n) is 12.8. The van der Waals surface area contributed by atoms with Crippen LogP contribution in [0.4, 0.5) is 11.4 Å². The lowest BCUT2D eigenvalue weighted by atomic mass is 9.90. The van der Waals surface area contributed by atoms with Crippen molar-refractivity contribution in [2.75, 3.05) is 29.9 Å². The predicted molar refractivity (Wildman–Crippen MR) is 153 cm³/mol. The van der Waals surface area contributed by atoms with Gasteiger partial charge in [0.05, 0.1) is 21.4 Å². The molecule has 0 N–H and O–H groups in total. The average Bonchev–Trinajstić information content (AvgIpc) is 3.54. The van der Waals surface area contributed by atoms with E-state index in [1.165, 1.54) is 31.2 Å². The highest BCUT2D eigenvalue weighted by atomic mass is 32.2. The van der Waals surface area contributed by atoms with Crippen LogP contribution < -0.4 is 9.80 Å². The van der Waals surface area contributed by atoms with E-state index in [9.17, 15) is 4.79 Å². The van der Waals surface area contributed by atoms with Crippen LogP contribution in [0.15, 0.2) is 104 Å². The highest BCUT2D eigenvalue weighted by Crippen LogP contribution is 2.47. The maximum absolute atomic E-state index is 13.8. The van der Waals surface area contributed by atoms with Crippen LogP contribution in [0.2, 0.25) is 0 Å². The Bertz CT molecular complexity index is 1240. The van der Waals surface area contributed by atoms with E-state index >= 15 is 0 Å². The number of Topliss-reactive ketones (excluding diaryl/α,β-unsaturated/α-hetero) is 1. The summed E-state index contributed by atoms with van der Waals surface area (Å²) in [7, 11) is 2.17. The van der Waals surface area contributed by atoms with Crippen molar-refractivity contribution >= 4 is 40.7 Å². The monoisotopic (exact) mass is 513 g/mol. The number of para-hydroxylation sites is 2. The first-order valence-corrected chi connectivity index (χ1v) is 14.4. The molecule has 184 valence electrons. The molecular formula is C30H31N3OS2. The van der Waals surface area contributed by atoms with Crippen LogP contribution in [-0.4, -0.2) is 42.9 Å². The van der Waals surface area contributed by atoms with Crippen LogP contribution in [-0.2, 0) is 4.79 Å². The van der Waals surface area contributed by atoms with Crippen LogP contribution in [0.25, 0.3) is 0 Å². The Kier molecular flexibility index (Phi) is 6.36. The summed E-state index contributed by atoms with van der Waals surface area (Å²) in [5.41, 5.74) is 4.35. The summed E-state index contributed by atoms with van der Waals surface area (Å²) in [5, 5.41) is 2.38. The molecule has 2 aromatic carbocycles. The fourth-order valence-corrected chi connectivity index (χ4v) is 8.12. The maximum Gasteiger partial charge on any atom is 0.188 e. The lowest BCUT2D eigenvalue weighted by Crippen LogP contribution is -2.43. The van der Waals surface area contributed by atoms with Crippen molar-refractivity contribution in [3.8, 4) is 0 Å². The number of thioether (sulfide) groups is 2. The van der Waals surface area contributed by atoms with Crippen molar-refractivity contribution in [2.24, 2.45) is 0 Å². The SMILES string of the molecule is CCN1C(=CC=C2C(=O)C(=CC=C3Sc4ccccc4N3CC)C3CCC2N3C)Sc2ccccc21. The largest absolute Gasteiger partial charge is 0.335 e. The van der Waals surface area contributed by atoms with E-state index in [1.54, 1.807) is 23.5 Å². The minimum Gasteiger partial charge on any atom is -0.335 e. The summed E-state index contributed by atoms with van der Waals surface area (Å²) in [5.74, 6) is 0.210. The van der Waals surface area contributed by atoms with Gasteiger partial charge in [0, 0.05) is 46.1 Å². The third-order valence-corrected chi connectivity index (χ3v) is 9.92. The van der Waals surface area contributed by atoms with Crippen molar-refractivity contribution in [3.05, 3.63) is 94.0 Å². The normalized spacial score (nSPS) is 27.7. The highest BCUT2D eigenvalue weighted by Gasteiger charge is 2.44. The van der Waals surface area contributed by atoms with Gasteiger partial charge in [-0.3, -0.25) is 9.69 Å². The molecule has 2 bridgehead atoms. The zero-order chi connectivity index (χ0) is 24.8. The molecule has 2 aromatic rings. The van der Waals surface area contributed by atoms with Crippen molar-refractivity contribution in [2.45, 2.75) is 48.6 Å². The van der Waals surface area contributed by atoms with Crippen molar-refractivity contribution in [1.82, 2.24) is 4.90 Å². The molecule has 0 spiro atoms. The molecule has 6 heteroatoms. The van der Waals surface area contributed by atoms with E-state index in [1.807, 2.05) is 0 Å². The van der Waals surface area contributed by atoms with Crippen LogP contribution in [0.5, 0.6) is 0 Å². The number of carbonyl (C=O) groups excluding carboxylic acids is 1. The van der Waals surface area contributed by atoms with Crippen LogP contribution in [0.3, 0.4) is 0 Å². The number of hydrogen-bond acceptors (Lipinski definition) is 6. The lowest BCUT2D eigenvalue weighted by Gasteiger charge is -2.34. The summed E-state index contributed by atoms with van der Waals surface area (Å²) in [6.45, 7) is 6.17. The first kappa shape index (κ1) is 23.7. The summed E-state index contributed by atoms with van der Waals surface area (Å²) in [4.78, 5) is 23.4. The van der Waals surface area contributed by atoms with Gasteiger partial charge in [0.2, 0.25) is 0 Å². The van der Waals surface area contributed by atoms with Gasteiger partial charge in [-0.2, -0.15) is 0 Å².